The highest BCUT2D eigenvalue weighted by Gasteiger charge is 2.23. The summed E-state index contributed by atoms with van der Waals surface area (Å²) in [7, 11) is 0. The molecular weight excluding hydrogens is 194 g/mol. The Balaban J connectivity index is 2.32. The number of carbonyl (C=O) groups is 1. The molecular formula is C11H21NO3. The summed E-state index contributed by atoms with van der Waals surface area (Å²) in [5, 5.41) is 8.60. The van der Waals surface area contributed by atoms with Crippen molar-refractivity contribution in [3.8, 4) is 0 Å². The van der Waals surface area contributed by atoms with Crippen molar-refractivity contribution in [3.05, 3.63) is 0 Å². The molecule has 15 heavy (non-hydrogen) atoms. The highest BCUT2D eigenvalue weighted by Crippen LogP contribution is 2.14. The number of carboxylic acids is 1. The van der Waals surface area contributed by atoms with Crippen LogP contribution < -0.4 is 0 Å². The van der Waals surface area contributed by atoms with Crippen LogP contribution in [0.2, 0.25) is 0 Å². The fourth-order valence-corrected chi connectivity index (χ4v) is 1.86. The quantitative estimate of drug-likeness (QED) is 0.752. The van der Waals surface area contributed by atoms with Gasteiger partial charge in [-0.05, 0) is 19.8 Å². The van der Waals surface area contributed by atoms with Crippen LogP contribution >= 0.6 is 0 Å². The lowest BCUT2D eigenvalue weighted by Gasteiger charge is -2.36. The standard InChI is InChI=1S/C11H21NO3/c1-3-9(2)12-6-7-15-10(8-12)4-5-11(13)14/h9-10H,3-8H2,1-2H3,(H,13,14)/t9?,10-/m1/s1. The molecule has 0 aromatic carbocycles. The molecule has 4 nitrogen and oxygen atoms in total. The Labute approximate surface area is 91.2 Å². The Hall–Kier alpha value is -0.610. The zero-order chi connectivity index (χ0) is 11.3. The summed E-state index contributed by atoms with van der Waals surface area (Å²) in [6.07, 6.45) is 2.07. The Kier molecular flexibility index (Phi) is 5.05. The highest BCUT2D eigenvalue weighted by molar-refractivity contribution is 5.66. The van der Waals surface area contributed by atoms with Crippen LogP contribution in [0.1, 0.15) is 33.1 Å². The van der Waals surface area contributed by atoms with Gasteiger partial charge in [0.15, 0.2) is 0 Å². The van der Waals surface area contributed by atoms with E-state index >= 15 is 0 Å². The summed E-state index contributed by atoms with van der Waals surface area (Å²) in [5.74, 6) is -0.737. The first kappa shape index (κ1) is 12.5. The number of nitrogens with zero attached hydrogens (tertiary/aromatic N) is 1. The molecule has 0 radical (unpaired) electrons. The van der Waals surface area contributed by atoms with Gasteiger partial charge >= 0.3 is 5.97 Å². The van der Waals surface area contributed by atoms with Gasteiger partial charge in [-0.15, -0.1) is 0 Å². The predicted octanol–water partition coefficient (Wildman–Crippen LogP) is 1.35. The molecule has 0 bridgehead atoms. The van der Waals surface area contributed by atoms with Crippen molar-refractivity contribution in [2.75, 3.05) is 19.7 Å². The van der Waals surface area contributed by atoms with Gasteiger partial charge in [0, 0.05) is 25.6 Å². The van der Waals surface area contributed by atoms with E-state index < -0.39 is 5.97 Å². The van der Waals surface area contributed by atoms with E-state index in [0.717, 1.165) is 26.1 Å². The molecule has 1 saturated heterocycles. The summed E-state index contributed by atoms with van der Waals surface area (Å²) < 4.78 is 5.55. The molecule has 1 heterocycles. The van der Waals surface area contributed by atoms with Crippen LogP contribution in [-0.4, -0.2) is 47.8 Å². The molecule has 1 N–H and O–H groups in total. The second kappa shape index (κ2) is 6.08. The molecule has 1 aliphatic heterocycles. The highest BCUT2D eigenvalue weighted by atomic mass is 16.5. The van der Waals surface area contributed by atoms with Crippen LogP contribution in [0.25, 0.3) is 0 Å². The van der Waals surface area contributed by atoms with Crippen molar-refractivity contribution in [1.29, 1.82) is 0 Å². The minimum absolute atomic E-state index is 0.101. The summed E-state index contributed by atoms with van der Waals surface area (Å²) in [6.45, 7) is 6.96. The number of ether oxygens (including phenoxy) is 1. The minimum atomic E-state index is -0.737. The molecule has 0 aromatic rings. The zero-order valence-electron chi connectivity index (χ0n) is 9.61. The van der Waals surface area contributed by atoms with Crippen molar-refractivity contribution in [3.63, 3.8) is 0 Å². The summed E-state index contributed by atoms with van der Waals surface area (Å²) in [4.78, 5) is 12.8. The van der Waals surface area contributed by atoms with Gasteiger partial charge in [-0.1, -0.05) is 6.92 Å². The first-order valence-electron chi connectivity index (χ1n) is 5.71. The average Bonchev–Trinajstić information content (AvgIpc) is 2.25. The number of morpholine rings is 1. The first-order valence-corrected chi connectivity index (χ1v) is 5.71. The topological polar surface area (TPSA) is 49.8 Å². The Bertz CT molecular complexity index is 208. The van der Waals surface area contributed by atoms with Crippen molar-refractivity contribution in [2.24, 2.45) is 0 Å². The smallest absolute Gasteiger partial charge is 0.303 e. The number of rotatable bonds is 5. The summed E-state index contributed by atoms with van der Waals surface area (Å²) >= 11 is 0. The molecule has 0 aromatic heterocycles. The Morgan fingerprint density at radius 1 is 1.67 bits per heavy atom. The van der Waals surface area contributed by atoms with Crippen LogP contribution in [0, 0.1) is 0 Å². The van der Waals surface area contributed by atoms with E-state index in [2.05, 4.69) is 18.7 Å². The molecule has 1 aliphatic rings. The van der Waals surface area contributed by atoms with E-state index in [1.807, 2.05) is 0 Å². The summed E-state index contributed by atoms with van der Waals surface area (Å²) in [5.41, 5.74) is 0. The summed E-state index contributed by atoms with van der Waals surface area (Å²) in [6, 6.07) is 0.571. The van der Waals surface area contributed by atoms with E-state index in [9.17, 15) is 4.79 Å². The number of carboxylic acid groups (broad SMARTS) is 1. The fourth-order valence-electron chi connectivity index (χ4n) is 1.86. The van der Waals surface area contributed by atoms with E-state index in [4.69, 9.17) is 9.84 Å². The molecule has 88 valence electrons. The second-order valence-corrected chi connectivity index (χ2v) is 4.18. The van der Waals surface area contributed by atoms with Crippen molar-refractivity contribution < 1.29 is 14.6 Å². The van der Waals surface area contributed by atoms with Gasteiger partial charge in [0.2, 0.25) is 0 Å². The first-order chi connectivity index (χ1) is 7.13. The molecule has 1 fully saturated rings. The lowest BCUT2D eigenvalue weighted by molar-refractivity contribution is -0.138. The molecule has 0 spiro atoms. The maximum absolute atomic E-state index is 10.4. The SMILES string of the molecule is CCC(C)N1CCO[C@H](CCC(=O)O)C1. The second-order valence-electron chi connectivity index (χ2n) is 4.18. The fraction of sp³-hybridized carbons (Fsp3) is 0.909. The third kappa shape index (κ3) is 4.18. The lowest BCUT2D eigenvalue weighted by atomic mass is 10.1. The maximum atomic E-state index is 10.4. The molecule has 1 rings (SSSR count). The lowest BCUT2D eigenvalue weighted by Crippen LogP contribution is -2.46. The van der Waals surface area contributed by atoms with Gasteiger partial charge in [0.1, 0.15) is 0 Å². The van der Waals surface area contributed by atoms with Crippen LogP contribution in [0.15, 0.2) is 0 Å². The normalized spacial score (nSPS) is 25.1. The van der Waals surface area contributed by atoms with Gasteiger partial charge in [0.25, 0.3) is 0 Å². The average molecular weight is 215 g/mol. The largest absolute Gasteiger partial charge is 0.481 e. The molecule has 1 unspecified atom stereocenters. The molecule has 0 amide bonds. The molecule has 0 saturated carbocycles. The Morgan fingerprint density at radius 3 is 3.00 bits per heavy atom. The zero-order valence-corrected chi connectivity index (χ0v) is 9.61. The molecule has 2 atom stereocenters. The third-order valence-corrected chi connectivity index (χ3v) is 3.06. The molecule has 0 aliphatic carbocycles. The Morgan fingerprint density at radius 2 is 2.40 bits per heavy atom. The minimum Gasteiger partial charge on any atom is -0.481 e. The van der Waals surface area contributed by atoms with Crippen LogP contribution in [0.4, 0.5) is 0 Å². The van der Waals surface area contributed by atoms with Gasteiger partial charge in [-0.3, -0.25) is 9.69 Å². The van der Waals surface area contributed by atoms with E-state index in [0.29, 0.717) is 12.5 Å². The number of hydrogen-bond donors (Lipinski definition) is 1. The van der Waals surface area contributed by atoms with Crippen LogP contribution in [0.5, 0.6) is 0 Å². The maximum Gasteiger partial charge on any atom is 0.303 e. The van der Waals surface area contributed by atoms with Gasteiger partial charge in [0.05, 0.1) is 12.7 Å². The van der Waals surface area contributed by atoms with E-state index in [-0.39, 0.29) is 12.5 Å². The van der Waals surface area contributed by atoms with Crippen molar-refractivity contribution in [2.45, 2.75) is 45.3 Å². The van der Waals surface area contributed by atoms with Crippen LogP contribution in [-0.2, 0) is 9.53 Å². The van der Waals surface area contributed by atoms with Gasteiger partial charge in [-0.25, -0.2) is 0 Å². The third-order valence-electron chi connectivity index (χ3n) is 3.06. The number of aliphatic carboxylic acids is 1. The van der Waals surface area contributed by atoms with Crippen molar-refractivity contribution >= 4 is 5.97 Å². The predicted molar refractivity (Wildman–Crippen MR) is 57.9 cm³/mol. The van der Waals surface area contributed by atoms with Crippen LogP contribution in [0.3, 0.4) is 0 Å². The van der Waals surface area contributed by atoms with E-state index in [1.54, 1.807) is 0 Å². The van der Waals surface area contributed by atoms with Gasteiger partial charge in [-0.2, -0.15) is 0 Å². The van der Waals surface area contributed by atoms with E-state index in [1.165, 1.54) is 0 Å². The number of hydrogen-bond acceptors (Lipinski definition) is 3. The van der Waals surface area contributed by atoms with Gasteiger partial charge < -0.3 is 9.84 Å². The molecule has 4 heteroatoms. The van der Waals surface area contributed by atoms with Crippen molar-refractivity contribution in [1.82, 2.24) is 4.90 Å². The monoisotopic (exact) mass is 215 g/mol.